The van der Waals surface area contributed by atoms with Crippen LogP contribution >= 0.6 is 0 Å². The third kappa shape index (κ3) is 4.07. The molecule has 2 heterocycles. The van der Waals surface area contributed by atoms with E-state index in [1.807, 2.05) is 0 Å². The van der Waals surface area contributed by atoms with Crippen molar-refractivity contribution < 1.29 is 18.9 Å². The van der Waals surface area contributed by atoms with E-state index in [1.165, 1.54) is 11.1 Å². The molecule has 1 aromatic rings. The van der Waals surface area contributed by atoms with Gasteiger partial charge in [-0.2, -0.15) is 0 Å². The lowest BCUT2D eigenvalue weighted by Crippen LogP contribution is -2.41. The molecule has 2 saturated heterocycles. The number of ether oxygens (including phenoxy) is 4. The summed E-state index contributed by atoms with van der Waals surface area (Å²) in [6.07, 6.45) is 0.563. The maximum Gasteiger partial charge on any atom is 0.0856 e. The second kappa shape index (κ2) is 7.55. The highest BCUT2D eigenvalue weighted by atomic mass is 16.6. The van der Waals surface area contributed by atoms with Crippen LogP contribution in [0.2, 0.25) is 0 Å². The topological polar surface area (TPSA) is 36.9 Å². The van der Waals surface area contributed by atoms with E-state index in [0.717, 1.165) is 13.2 Å². The van der Waals surface area contributed by atoms with Crippen LogP contribution in [0.25, 0.3) is 0 Å². The van der Waals surface area contributed by atoms with Crippen molar-refractivity contribution in [1.29, 1.82) is 0 Å². The van der Waals surface area contributed by atoms with Gasteiger partial charge in [-0.1, -0.05) is 38.1 Å². The van der Waals surface area contributed by atoms with Crippen LogP contribution in [-0.2, 0) is 32.2 Å². The van der Waals surface area contributed by atoms with Gasteiger partial charge >= 0.3 is 0 Å². The molecule has 0 spiro atoms. The quantitative estimate of drug-likeness (QED) is 0.740. The Balaban J connectivity index is 1.33. The summed E-state index contributed by atoms with van der Waals surface area (Å²) in [7, 11) is 0. The van der Waals surface area contributed by atoms with Gasteiger partial charge in [-0.3, -0.25) is 0 Å². The first-order valence-corrected chi connectivity index (χ1v) is 8.19. The first-order valence-electron chi connectivity index (χ1n) is 8.19. The highest BCUT2D eigenvalue weighted by Crippen LogP contribution is 2.21. The maximum absolute atomic E-state index is 5.71. The number of benzene rings is 1. The van der Waals surface area contributed by atoms with E-state index >= 15 is 0 Å². The molecule has 2 fully saturated rings. The van der Waals surface area contributed by atoms with Crippen molar-refractivity contribution in [1.82, 2.24) is 0 Å². The zero-order valence-corrected chi connectivity index (χ0v) is 13.5. The van der Waals surface area contributed by atoms with E-state index in [0.29, 0.717) is 38.3 Å². The van der Waals surface area contributed by atoms with Crippen LogP contribution in [0.15, 0.2) is 24.3 Å². The van der Waals surface area contributed by atoms with Gasteiger partial charge in [0.25, 0.3) is 0 Å². The molecule has 0 radical (unpaired) electrons. The third-order valence-electron chi connectivity index (χ3n) is 4.54. The maximum atomic E-state index is 5.71. The van der Waals surface area contributed by atoms with Gasteiger partial charge in [0.05, 0.1) is 51.8 Å². The van der Waals surface area contributed by atoms with Crippen molar-refractivity contribution >= 4 is 0 Å². The second-order valence-corrected chi connectivity index (χ2v) is 6.54. The Kier molecular flexibility index (Phi) is 5.47. The molecule has 0 aromatic heterocycles. The number of rotatable bonds is 8. The van der Waals surface area contributed by atoms with E-state index in [9.17, 15) is 0 Å². The first kappa shape index (κ1) is 15.9. The van der Waals surface area contributed by atoms with E-state index in [-0.39, 0.29) is 12.2 Å². The molecule has 4 heteroatoms. The molecule has 122 valence electrons. The molecule has 22 heavy (non-hydrogen) atoms. The van der Waals surface area contributed by atoms with E-state index in [2.05, 4.69) is 38.1 Å². The molecule has 4 atom stereocenters. The highest BCUT2D eigenvalue weighted by molar-refractivity contribution is 5.21. The summed E-state index contributed by atoms with van der Waals surface area (Å²) in [5, 5.41) is 0. The van der Waals surface area contributed by atoms with E-state index in [1.54, 1.807) is 0 Å². The molecule has 4 nitrogen and oxygen atoms in total. The fourth-order valence-corrected chi connectivity index (χ4v) is 2.59. The van der Waals surface area contributed by atoms with Crippen molar-refractivity contribution in [3.63, 3.8) is 0 Å². The molecule has 3 rings (SSSR count). The largest absolute Gasteiger partial charge is 0.375 e. The summed E-state index contributed by atoms with van der Waals surface area (Å²) in [5.74, 6) is 1.25. The molecular weight excluding hydrogens is 280 g/mol. The van der Waals surface area contributed by atoms with Crippen molar-refractivity contribution in [2.45, 2.75) is 39.3 Å². The van der Waals surface area contributed by atoms with Crippen LogP contribution in [0.5, 0.6) is 0 Å². The molecule has 0 bridgehead atoms. The molecule has 1 aromatic carbocycles. The molecule has 2 aliphatic rings. The van der Waals surface area contributed by atoms with Gasteiger partial charge in [0, 0.05) is 11.8 Å². The summed E-state index contributed by atoms with van der Waals surface area (Å²) < 4.78 is 22.3. The van der Waals surface area contributed by atoms with Crippen LogP contribution in [-0.4, -0.2) is 38.6 Å². The summed E-state index contributed by atoms with van der Waals surface area (Å²) in [6, 6.07) is 8.41. The molecule has 0 N–H and O–H groups in total. The lowest BCUT2D eigenvalue weighted by molar-refractivity contribution is -0.141. The highest BCUT2D eigenvalue weighted by Gasteiger charge is 2.28. The monoisotopic (exact) mass is 306 g/mol. The molecular formula is C18H26O4. The molecule has 0 amide bonds. The Morgan fingerprint density at radius 3 is 1.50 bits per heavy atom. The average Bonchev–Trinajstić information content (AvgIpc) is 2.53. The Morgan fingerprint density at radius 2 is 1.23 bits per heavy atom. The van der Waals surface area contributed by atoms with Crippen molar-refractivity contribution in [3.05, 3.63) is 35.4 Å². The minimum absolute atomic E-state index is 0.281. The van der Waals surface area contributed by atoms with Gasteiger partial charge in [0.1, 0.15) is 0 Å². The minimum atomic E-state index is 0.281. The predicted octanol–water partition coefficient (Wildman–Crippen LogP) is 2.79. The summed E-state index contributed by atoms with van der Waals surface area (Å²) in [5.41, 5.74) is 2.37. The number of hydrogen-bond acceptors (Lipinski definition) is 4. The van der Waals surface area contributed by atoms with Gasteiger partial charge in [0.15, 0.2) is 0 Å². The van der Waals surface area contributed by atoms with Crippen molar-refractivity contribution in [2.24, 2.45) is 11.8 Å². The molecule has 2 aliphatic heterocycles. The van der Waals surface area contributed by atoms with Gasteiger partial charge in [-0.05, 0) is 11.1 Å². The predicted molar refractivity (Wildman–Crippen MR) is 83.6 cm³/mol. The average molecular weight is 306 g/mol. The van der Waals surface area contributed by atoms with Crippen LogP contribution in [0.1, 0.15) is 25.0 Å². The third-order valence-corrected chi connectivity index (χ3v) is 4.54. The molecule has 4 unspecified atom stereocenters. The SMILES string of the molecule is CC1COC1COCc1ccc(COCC2OCC2C)cc1. The van der Waals surface area contributed by atoms with Crippen molar-refractivity contribution in [2.75, 3.05) is 26.4 Å². The van der Waals surface area contributed by atoms with Gasteiger partial charge in [-0.25, -0.2) is 0 Å². The fraction of sp³-hybridized carbons (Fsp3) is 0.667. The normalized spacial score (nSPS) is 30.6. The van der Waals surface area contributed by atoms with Gasteiger partial charge < -0.3 is 18.9 Å². The van der Waals surface area contributed by atoms with Crippen molar-refractivity contribution in [3.8, 4) is 0 Å². The Morgan fingerprint density at radius 1 is 0.818 bits per heavy atom. The van der Waals surface area contributed by atoms with Crippen LogP contribution in [0, 0.1) is 11.8 Å². The fourth-order valence-electron chi connectivity index (χ4n) is 2.59. The summed E-state index contributed by atoms with van der Waals surface area (Å²) >= 11 is 0. The Hall–Kier alpha value is -0.940. The number of hydrogen-bond donors (Lipinski definition) is 0. The molecule has 0 saturated carbocycles. The second-order valence-electron chi connectivity index (χ2n) is 6.54. The zero-order valence-electron chi connectivity index (χ0n) is 13.5. The first-order chi connectivity index (χ1) is 10.7. The van der Waals surface area contributed by atoms with E-state index < -0.39 is 0 Å². The van der Waals surface area contributed by atoms with Crippen LogP contribution < -0.4 is 0 Å². The lowest BCUT2D eigenvalue weighted by atomic mass is 10.0. The standard InChI is InChI=1S/C18H26O4/c1-13-7-21-17(13)11-19-9-15-3-5-16(6-4-15)10-20-12-18-14(2)8-22-18/h3-6,13-14,17-18H,7-12H2,1-2H3. The Bertz CT molecular complexity index is 416. The minimum Gasteiger partial charge on any atom is -0.375 e. The zero-order chi connectivity index (χ0) is 15.4. The van der Waals surface area contributed by atoms with Gasteiger partial charge in [0.2, 0.25) is 0 Å². The smallest absolute Gasteiger partial charge is 0.0856 e. The Labute approximate surface area is 132 Å². The van der Waals surface area contributed by atoms with E-state index in [4.69, 9.17) is 18.9 Å². The molecule has 0 aliphatic carbocycles. The summed E-state index contributed by atoms with van der Waals surface area (Å²) in [4.78, 5) is 0. The van der Waals surface area contributed by atoms with Crippen LogP contribution in [0.3, 0.4) is 0 Å². The van der Waals surface area contributed by atoms with Gasteiger partial charge in [-0.15, -0.1) is 0 Å². The lowest BCUT2D eigenvalue weighted by Gasteiger charge is -2.33. The van der Waals surface area contributed by atoms with Crippen LogP contribution in [0.4, 0.5) is 0 Å². The summed E-state index contributed by atoms with van der Waals surface area (Å²) in [6.45, 7) is 8.78.